The van der Waals surface area contributed by atoms with Crippen LogP contribution in [0, 0.1) is 0 Å². The molecule has 1 N–H and O–H groups in total. The Morgan fingerprint density at radius 3 is 2.89 bits per heavy atom. The van der Waals surface area contributed by atoms with E-state index in [1.807, 2.05) is 11.8 Å². The Bertz CT molecular complexity index is 383. The van der Waals surface area contributed by atoms with E-state index >= 15 is 0 Å². The van der Waals surface area contributed by atoms with Gasteiger partial charge in [-0.15, -0.1) is 0 Å². The maximum Gasteiger partial charge on any atom is 0.243 e. The lowest BCUT2D eigenvalue weighted by atomic mass is 10.1. The van der Waals surface area contributed by atoms with Crippen LogP contribution in [0.5, 0.6) is 0 Å². The van der Waals surface area contributed by atoms with Crippen molar-refractivity contribution in [3.05, 3.63) is 11.7 Å². The Morgan fingerprint density at radius 1 is 1.33 bits per heavy atom. The van der Waals surface area contributed by atoms with Crippen molar-refractivity contribution in [1.29, 1.82) is 0 Å². The molecule has 1 aromatic rings. The number of hydrogen-bond acceptors (Lipinski definition) is 5. The lowest BCUT2D eigenvalue weighted by Crippen LogP contribution is -2.31. The number of nitrogens with zero attached hydrogens (tertiary/aromatic N) is 2. The minimum atomic E-state index is 0.177. The fourth-order valence-electron chi connectivity index (χ4n) is 2.86. The quantitative estimate of drug-likeness (QED) is 0.909. The summed E-state index contributed by atoms with van der Waals surface area (Å²) in [6.45, 7) is 2.12. The smallest absolute Gasteiger partial charge is 0.243 e. The first-order valence-corrected chi connectivity index (χ1v) is 8.15. The lowest BCUT2D eigenvalue weighted by Gasteiger charge is -2.14. The number of rotatable bonds is 4. The molecule has 1 aromatic heterocycles. The first-order valence-electron chi connectivity index (χ1n) is 7.00. The molecular weight excluding hydrogens is 246 g/mol. The molecule has 2 aliphatic rings. The van der Waals surface area contributed by atoms with Gasteiger partial charge in [-0.2, -0.15) is 16.7 Å². The van der Waals surface area contributed by atoms with E-state index in [0.717, 1.165) is 11.7 Å². The van der Waals surface area contributed by atoms with E-state index in [9.17, 15) is 0 Å². The summed E-state index contributed by atoms with van der Waals surface area (Å²) >= 11 is 2.02. The molecule has 4 nitrogen and oxygen atoms in total. The van der Waals surface area contributed by atoms with Crippen LogP contribution >= 0.6 is 11.8 Å². The van der Waals surface area contributed by atoms with Gasteiger partial charge in [0.1, 0.15) is 0 Å². The minimum absolute atomic E-state index is 0.177. The van der Waals surface area contributed by atoms with Crippen LogP contribution in [0.2, 0.25) is 0 Å². The molecule has 0 amide bonds. The molecule has 1 aliphatic carbocycles. The highest BCUT2D eigenvalue weighted by Gasteiger charge is 2.25. The Balaban J connectivity index is 1.60. The summed E-state index contributed by atoms with van der Waals surface area (Å²) in [5.74, 6) is 4.69. The largest absolute Gasteiger partial charge is 0.338 e. The lowest BCUT2D eigenvalue weighted by molar-refractivity contribution is 0.323. The fraction of sp³-hybridized carbons (Fsp3) is 0.846. The van der Waals surface area contributed by atoms with Crippen molar-refractivity contribution in [1.82, 2.24) is 15.5 Å². The Kier molecular flexibility index (Phi) is 3.89. The molecular formula is C13H21N3OS. The SMILES string of the molecule is C[C@@H](N[C@@H]1CCSC1)c1nc(C2CCCC2)no1. The third-order valence-corrected chi connectivity index (χ3v) is 5.13. The summed E-state index contributed by atoms with van der Waals surface area (Å²) in [4.78, 5) is 4.59. The van der Waals surface area contributed by atoms with Crippen LogP contribution in [0.4, 0.5) is 0 Å². The molecule has 0 radical (unpaired) electrons. The third-order valence-electron chi connectivity index (χ3n) is 3.96. The Labute approximate surface area is 112 Å². The molecule has 3 rings (SSSR count). The third kappa shape index (κ3) is 2.72. The van der Waals surface area contributed by atoms with E-state index in [2.05, 4.69) is 22.4 Å². The monoisotopic (exact) mass is 267 g/mol. The molecule has 18 heavy (non-hydrogen) atoms. The highest BCUT2D eigenvalue weighted by Crippen LogP contribution is 2.32. The normalized spacial score (nSPS) is 26.8. The highest BCUT2D eigenvalue weighted by molar-refractivity contribution is 7.99. The zero-order chi connectivity index (χ0) is 12.4. The van der Waals surface area contributed by atoms with Gasteiger partial charge in [0.05, 0.1) is 6.04 Å². The van der Waals surface area contributed by atoms with Crippen LogP contribution in [0.15, 0.2) is 4.52 Å². The van der Waals surface area contributed by atoms with Crippen molar-refractivity contribution in [2.75, 3.05) is 11.5 Å². The molecule has 2 fully saturated rings. The summed E-state index contributed by atoms with van der Waals surface area (Å²) in [6, 6.07) is 0.781. The van der Waals surface area contributed by atoms with Gasteiger partial charge < -0.3 is 9.84 Å². The van der Waals surface area contributed by atoms with Gasteiger partial charge in [-0.25, -0.2) is 0 Å². The van der Waals surface area contributed by atoms with Gasteiger partial charge in [0, 0.05) is 17.7 Å². The highest BCUT2D eigenvalue weighted by atomic mass is 32.2. The summed E-state index contributed by atoms with van der Waals surface area (Å²) in [5.41, 5.74) is 0. The number of hydrogen-bond donors (Lipinski definition) is 1. The van der Waals surface area contributed by atoms with E-state index in [1.54, 1.807) is 0 Å². The van der Waals surface area contributed by atoms with E-state index in [4.69, 9.17) is 4.52 Å². The average Bonchev–Trinajstić information content (AvgIpc) is 3.11. The van der Waals surface area contributed by atoms with Crippen molar-refractivity contribution in [3.63, 3.8) is 0 Å². The van der Waals surface area contributed by atoms with Crippen molar-refractivity contribution in [2.45, 2.75) is 57.0 Å². The van der Waals surface area contributed by atoms with Gasteiger partial charge in [-0.3, -0.25) is 0 Å². The number of nitrogens with one attached hydrogen (secondary N) is 1. The van der Waals surface area contributed by atoms with E-state index in [1.165, 1.54) is 43.6 Å². The van der Waals surface area contributed by atoms with Crippen LogP contribution in [-0.4, -0.2) is 27.7 Å². The van der Waals surface area contributed by atoms with Gasteiger partial charge in [-0.05, 0) is 31.9 Å². The van der Waals surface area contributed by atoms with Gasteiger partial charge >= 0.3 is 0 Å². The predicted molar refractivity (Wildman–Crippen MR) is 72.8 cm³/mol. The molecule has 1 saturated carbocycles. The summed E-state index contributed by atoms with van der Waals surface area (Å²) in [6.07, 6.45) is 6.31. The fourth-order valence-corrected chi connectivity index (χ4v) is 4.03. The number of thioether (sulfide) groups is 1. The van der Waals surface area contributed by atoms with Crippen LogP contribution < -0.4 is 5.32 Å². The second-order valence-corrected chi connectivity index (χ2v) is 6.57. The molecule has 0 aromatic carbocycles. The zero-order valence-electron chi connectivity index (χ0n) is 10.9. The maximum atomic E-state index is 5.42. The van der Waals surface area contributed by atoms with Crippen LogP contribution in [0.1, 0.15) is 62.7 Å². The van der Waals surface area contributed by atoms with Crippen LogP contribution in [0.3, 0.4) is 0 Å². The summed E-state index contributed by atoms with van der Waals surface area (Å²) < 4.78 is 5.42. The van der Waals surface area contributed by atoms with Gasteiger partial charge in [0.2, 0.25) is 5.89 Å². The maximum absolute atomic E-state index is 5.42. The van der Waals surface area contributed by atoms with Gasteiger partial charge in [-0.1, -0.05) is 18.0 Å². The first-order chi connectivity index (χ1) is 8.83. The molecule has 1 aliphatic heterocycles. The molecule has 2 heterocycles. The van der Waals surface area contributed by atoms with Crippen molar-refractivity contribution in [2.24, 2.45) is 0 Å². The second kappa shape index (κ2) is 5.61. The minimum Gasteiger partial charge on any atom is -0.338 e. The number of aromatic nitrogens is 2. The van der Waals surface area contributed by atoms with E-state index in [0.29, 0.717) is 12.0 Å². The average molecular weight is 267 g/mol. The molecule has 0 unspecified atom stereocenters. The Hall–Kier alpha value is -0.550. The molecule has 1 saturated heterocycles. The summed E-state index contributed by atoms with van der Waals surface area (Å²) in [5, 5.41) is 7.74. The van der Waals surface area contributed by atoms with Gasteiger partial charge in [0.15, 0.2) is 5.82 Å². The molecule has 5 heteroatoms. The van der Waals surface area contributed by atoms with Gasteiger partial charge in [0.25, 0.3) is 0 Å². The predicted octanol–water partition coefficient (Wildman–Crippen LogP) is 2.88. The Morgan fingerprint density at radius 2 is 2.17 bits per heavy atom. The molecule has 0 spiro atoms. The topological polar surface area (TPSA) is 51.0 Å². The van der Waals surface area contributed by atoms with Crippen LogP contribution in [0.25, 0.3) is 0 Å². The standard InChI is InChI=1S/C13H21N3OS/c1-9(14-11-6-7-18-8-11)13-15-12(16-17-13)10-4-2-3-5-10/h9-11,14H,2-8H2,1H3/t9-,11-/m1/s1. The van der Waals surface area contributed by atoms with Crippen molar-refractivity contribution >= 4 is 11.8 Å². The molecule has 2 atom stereocenters. The van der Waals surface area contributed by atoms with E-state index < -0.39 is 0 Å². The zero-order valence-corrected chi connectivity index (χ0v) is 11.7. The first kappa shape index (κ1) is 12.5. The van der Waals surface area contributed by atoms with Crippen LogP contribution in [-0.2, 0) is 0 Å². The van der Waals surface area contributed by atoms with E-state index in [-0.39, 0.29) is 6.04 Å². The van der Waals surface area contributed by atoms with Crippen molar-refractivity contribution < 1.29 is 4.52 Å². The molecule has 100 valence electrons. The second-order valence-electron chi connectivity index (χ2n) is 5.42. The summed E-state index contributed by atoms with van der Waals surface area (Å²) in [7, 11) is 0. The van der Waals surface area contributed by atoms with Crippen molar-refractivity contribution in [3.8, 4) is 0 Å². The molecule has 0 bridgehead atoms.